The summed E-state index contributed by atoms with van der Waals surface area (Å²) in [5.74, 6) is 0.750. The van der Waals surface area contributed by atoms with E-state index in [2.05, 4.69) is 20.8 Å². The Morgan fingerprint density at radius 3 is 2.46 bits per heavy atom. The van der Waals surface area contributed by atoms with Crippen LogP contribution in [0.5, 0.6) is 11.5 Å². The average molecular weight is 535 g/mol. The van der Waals surface area contributed by atoms with Crippen LogP contribution in [0, 0.1) is 6.92 Å². The fourth-order valence-electron chi connectivity index (χ4n) is 4.21. The second kappa shape index (κ2) is 12.1. The maximum atomic E-state index is 13.3. The first-order valence-corrected chi connectivity index (χ1v) is 12.3. The third-order valence-electron chi connectivity index (χ3n) is 6.15. The molecule has 0 radical (unpaired) electrons. The minimum Gasteiger partial charge on any atom is -0.493 e. The molecule has 12 heteroatoms. The van der Waals surface area contributed by atoms with Gasteiger partial charge >= 0.3 is 5.69 Å². The molecule has 4 rings (SSSR count). The fourth-order valence-corrected chi connectivity index (χ4v) is 4.21. The zero-order valence-corrected chi connectivity index (χ0v) is 21.9. The second-order valence-electron chi connectivity index (χ2n) is 8.87. The zero-order chi connectivity index (χ0) is 27.9. The van der Waals surface area contributed by atoms with E-state index in [1.54, 1.807) is 57.5 Å². The molecule has 2 aromatic carbocycles. The van der Waals surface area contributed by atoms with Gasteiger partial charge in [0.15, 0.2) is 17.3 Å². The van der Waals surface area contributed by atoms with Crippen LogP contribution < -0.4 is 31.4 Å². The predicted octanol–water partition coefficient (Wildman–Crippen LogP) is 1.60. The van der Waals surface area contributed by atoms with Crippen LogP contribution in [0.1, 0.15) is 17.7 Å². The Morgan fingerprint density at radius 1 is 0.974 bits per heavy atom. The molecule has 0 aliphatic carbocycles. The number of aromatic amines is 1. The SMILES string of the molecule is COc1ccc(CCNC(=O)CCn2c(=O)c3ccccc3n(CC(=O)Nc3cc(C)[nH]n3)c2=O)cc1OC. The molecule has 0 spiro atoms. The molecule has 0 saturated heterocycles. The molecule has 2 aromatic heterocycles. The number of hydrogen-bond acceptors (Lipinski definition) is 7. The molecule has 0 unspecified atom stereocenters. The molecule has 0 bridgehead atoms. The van der Waals surface area contributed by atoms with E-state index >= 15 is 0 Å². The summed E-state index contributed by atoms with van der Waals surface area (Å²) < 4.78 is 12.7. The molecule has 0 atom stereocenters. The van der Waals surface area contributed by atoms with Gasteiger partial charge in [-0.15, -0.1) is 0 Å². The molecule has 3 N–H and O–H groups in total. The lowest BCUT2D eigenvalue weighted by Crippen LogP contribution is -2.42. The molecule has 0 aliphatic heterocycles. The minimum atomic E-state index is -0.676. The first-order chi connectivity index (χ1) is 18.8. The number of carbonyl (C=O) groups excluding carboxylic acids is 2. The van der Waals surface area contributed by atoms with Gasteiger partial charge < -0.3 is 20.1 Å². The minimum absolute atomic E-state index is 0.0852. The number of H-pyrrole nitrogens is 1. The number of aryl methyl sites for hydroxylation is 1. The van der Waals surface area contributed by atoms with E-state index < -0.39 is 17.2 Å². The third kappa shape index (κ3) is 6.35. The van der Waals surface area contributed by atoms with Crippen molar-refractivity contribution in [1.29, 1.82) is 0 Å². The Balaban J connectivity index is 1.44. The number of ether oxygens (including phenoxy) is 2. The lowest BCUT2D eigenvalue weighted by molar-refractivity contribution is -0.121. The number of para-hydroxylation sites is 1. The van der Waals surface area contributed by atoms with E-state index in [-0.39, 0.29) is 30.8 Å². The first kappa shape index (κ1) is 27.2. The third-order valence-corrected chi connectivity index (χ3v) is 6.15. The molecule has 4 aromatic rings. The van der Waals surface area contributed by atoms with Crippen molar-refractivity contribution in [2.24, 2.45) is 0 Å². The largest absolute Gasteiger partial charge is 0.493 e. The lowest BCUT2D eigenvalue weighted by atomic mass is 10.1. The van der Waals surface area contributed by atoms with Gasteiger partial charge in [0, 0.05) is 31.3 Å². The summed E-state index contributed by atoms with van der Waals surface area (Å²) >= 11 is 0. The smallest absolute Gasteiger partial charge is 0.331 e. The van der Waals surface area contributed by atoms with Crippen molar-refractivity contribution in [1.82, 2.24) is 24.6 Å². The van der Waals surface area contributed by atoms with E-state index in [9.17, 15) is 19.2 Å². The molecule has 0 aliphatic rings. The number of carbonyl (C=O) groups is 2. The number of aromatic nitrogens is 4. The number of nitrogens with one attached hydrogen (secondary N) is 3. The molecule has 12 nitrogen and oxygen atoms in total. The summed E-state index contributed by atoms with van der Waals surface area (Å²) in [6.45, 7) is 1.69. The van der Waals surface area contributed by atoms with Crippen molar-refractivity contribution >= 4 is 28.5 Å². The summed E-state index contributed by atoms with van der Waals surface area (Å²) in [5, 5.41) is 12.4. The highest BCUT2D eigenvalue weighted by Crippen LogP contribution is 2.27. The Morgan fingerprint density at radius 2 is 1.74 bits per heavy atom. The zero-order valence-electron chi connectivity index (χ0n) is 21.9. The van der Waals surface area contributed by atoms with Crippen LogP contribution in [0.15, 0.2) is 58.1 Å². The number of methoxy groups -OCH3 is 2. The van der Waals surface area contributed by atoms with Crippen LogP contribution in [-0.4, -0.2) is 51.9 Å². The molecule has 0 fully saturated rings. The van der Waals surface area contributed by atoms with E-state index in [4.69, 9.17) is 9.47 Å². The van der Waals surface area contributed by atoms with Gasteiger partial charge in [-0.25, -0.2) is 4.79 Å². The highest BCUT2D eigenvalue weighted by molar-refractivity contribution is 5.90. The van der Waals surface area contributed by atoms with E-state index in [0.29, 0.717) is 35.8 Å². The van der Waals surface area contributed by atoms with Crippen molar-refractivity contribution in [3.8, 4) is 11.5 Å². The molecule has 0 saturated carbocycles. The van der Waals surface area contributed by atoms with E-state index in [0.717, 1.165) is 15.8 Å². The molecular formula is C27H30N6O6. The van der Waals surface area contributed by atoms with Crippen LogP contribution in [-0.2, 0) is 29.1 Å². The van der Waals surface area contributed by atoms with E-state index in [1.807, 2.05) is 12.1 Å². The van der Waals surface area contributed by atoms with Gasteiger partial charge in [-0.05, 0) is 43.2 Å². The number of hydrogen-bond donors (Lipinski definition) is 3. The number of benzene rings is 2. The highest BCUT2D eigenvalue weighted by atomic mass is 16.5. The van der Waals surface area contributed by atoms with Gasteiger partial charge in [0.25, 0.3) is 5.56 Å². The van der Waals surface area contributed by atoms with Crippen molar-refractivity contribution in [2.75, 3.05) is 26.1 Å². The standard InChI is InChI=1S/C27H30N6O6/c1-17-14-23(31-30-17)29-25(35)16-33-20-7-5-4-6-19(20)26(36)32(27(33)37)13-11-24(34)28-12-10-18-8-9-21(38-2)22(15-18)39-3/h4-9,14-15H,10-13,16H2,1-3H3,(H,28,34)(H2,29,30,31,35). The van der Waals surface area contributed by atoms with Crippen LogP contribution in [0.3, 0.4) is 0 Å². The Kier molecular flexibility index (Phi) is 8.44. The first-order valence-electron chi connectivity index (χ1n) is 12.3. The van der Waals surface area contributed by atoms with Crippen LogP contribution >= 0.6 is 0 Å². The summed E-state index contributed by atoms with van der Waals surface area (Å²) in [6.07, 6.45) is 0.470. The predicted molar refractivity (Wildman–Crippen MR) is 145 cm³/mol. The Labute approximate surface area is 223 Å². The summed E-state index contributed by atoms with van der Waals surface area (Å²) in [5.41, 5.74) is 0.850. The van der Waals surface area contributed by atoms with Crippen LogP contribution in [0.25, 0.3) is 10.9 Å². The second-order valence-corrected chi connectivity index (χ2v) is 8.87. The van der Waals surface area contributed by atoms with Crippen LogP contribution in [0.2, 0.25) is 0 Å². The number of fused-ring (bicyclic) bond motifs is 1. The number of nitrogens with zero attached hydrogens (tertiary/aromatic N) is 3. The monoisotopic (exact) mass is 534 g/mol. The van der Waals surface area contributed by atoms with Crippen molar-refractivity contribution in [2.45, 2.75) is 32.9 Å². The van der Waals surface area contributed by atoms with Gasteiger partial charge in [-0.3, -0.25) is 28.6 Å². The van der Waals surface area contributed by atoms with Gasteiger partial charge in [0.05, 0.1) is 25.1 Å². The highest BCUT2D eigenvalue weighted by Gasteiger charge is 2.17. The topological polar surface area (TPSA) is 149 Å². The van der Waals surface area contributed by atoms with Crippen molar-refractivity contribution in [3.05, 3.63) is 80.6 Å². The maximum absolute atomic E-state index is 13.3. The van der Waals surface area contributed by atoms with Gasteiger partial charge in [-0.2, -0.15) is 5.10 Å². The molecular weight excluding hydrogens is 504 g/mol. The van der Waals surface area contributed by atoms with Crippen molar-refractivity contribution in [3.63, 3.8) is 0 Å². The maximum Gasteiger partial charge on any atom is 0.331 e. The Hall–Kier alpha value is -4.87. The Bertz CT molecular complexity index is 1620. The van der Waals surface area contributed by atoms with E-state index in [1.165, 1.54) is 4.57 Å². The number of amides is 2. The molecule has 39 heavy (non-hydrogen) atoms. The van der Waals surface area contributed by atoms with Crippen LogP contribution in [0.4, 0.5) is 5.82 Å². The van der Waals surface area contributed by atoms with Gasteiger partial charge in [0.1, 0.15) is 6.54 Å². The molecule has 2 heterocycles. The van der Waals surface area contributed by atoms with Crippen molar-refractivity contribution < 1.29 is 19.1 Å². The normalized spacial score (nSPS) is 10.8. The quantitative estimate of drug-likeness (QED) is 0.265. The fraction of sp³-hybridized carbons (Fsp3) is 0.296. The number of anilines is 1. The molecule has 2 amide bonds. The lowest BCUT2D eigenvalue weighted by Gasteiger charge is -2.14. The summed E-state index contributed by atoms with van der Waals surface area (Å²) in [4.78, 5) is 51.6. The summed E-state index contributed by atoms with van der Waals surface area (Å²) in [7, 11) is 3.11. The number of rotatable bonds is 11. The van der Waals surface area contributed by atoms with Gasteiger partial charge in [0.2, 0.25) is 11.8 Å². The summed E-state index contributed by atoms with van der Waals surface area (Å²) in [6, 6.07) is 13.7. The van der Waals surface area contributed by atoms with Gasteiger partial charge in [-0.1, -0.05) is 18.2 Å². The average Bonchev–Trinajstić information content (AvgIpc) is 3.34. The molecule has 204 valence electrons.